The van der Waals surface area contributed by atoms with Crippen LogP contribution in [0.2, 0.25) is 0 Å². The highest BCUT2D eigenvalue weighted by atomic mass is 32.2. The predicted molar refractivity (Wildman–Crippen MR) is 90.5 cm³/mol. The quantitative estimate of drug-likeness (QED) is 0.597. The van der Waals surface area contributed by atoms with E-state index in [1.54, 1.807) is 0 Å². The van der Waals surface area contributed by atoms with Crippen LogP contribution < -0.4 is 10.0 Å². The van der Waals surface area contributed by atoms with Crippen molar-refractivity contribution in [1.29, 1.82) is 0 Å². The molecule has 0 fully saturated rings. The van der Waals surface area contributed by atoms with Gasteiger partial charge in [0.1, 0.15) is 11.9 Å². The molecule has 140 valence electrons. The van der Waals surface area contributed by atoms with E-state index < -0.39 is 34.5 Å². The van der Waals surface area contributed by atoms with Crippen molar-refractivity contribution in [2.75, 3.05) is 12.4 Å². The van der Waals surface area contributed by atoms with Crippen molar-refractivity contribution in [3.63, 3.8) is 0 Å². The number of halogens is 1. The third-order valence-corrected chi connectivity index (χ3v) is 4.76. The van der Waals surface area contributed by atoms with Crippen LogP contribution in [0.5, 0.6) is 0 Å². The van der Waals surface area contributed by atoms with Crippen molar-refractivity contribution in [1.82, 2.24) is 10.0 Å². The van der Waals surface area contributed by atoms with Crippen molar-refractivity contribution in [2.24, 2.45) is 0 Å². The molecule has 2 N–H and O–H groups in total. The van der Waals surface area contributed by atoms with Crippen LogP contribution in [0.1, 0.15) is 32.3 Å². The summed E-state index contributed by atoms with van der Waals surface area (Å²) in [7, 11) is -3.56. The van der Waals surface area contributed by atoms with Gasteiger partial charge in [-0.05, 0) is 31.0 Å². The van der Waals surface area contributed by atoms with Gasteiger partial charge in [0.25, 0.3) is 5.91 Å². The number of rotatable bonds is 10. The summed E-state index contributed by atoms with van der Waals surface area (Å²) in [6, 6.07) is 4.51. The number of benzene rings is 1. The van der Waals surface area contributed by atoms with Crippen LogP contribution in [0.4, 0.5) is 4.39 Å². The summed E-state index contributed by atoms with van der Waals surface area (Å²) in [5, 5.41) is 2.51. The molecule has 25 heavy (non-hydrogen) atoms. The van der Waals surface area contributed by atoms with E-state index in [2.05, 4.69) is 10.0 Å². The molecule has 0 saturated carbocycles. The maximum atomic E-state index is 12.8. The fourth-order valence-corrected chi connectivity index (χ4v) is 3.25. The number of carbonyl (C=O) groups excluding carboxylic acids is 2. The average Bonchev–Trinajstić information content (AvgIpc) is 2.57. The Balaban J connectivity index is 2.34. The van der Waals surface area contributed by atoms with E-state index in [9.17, 15) is 22.4 Å². The minimum Gasteiger partial charge on any atom is -0.454 e. The number of esters is 1. The van der Waals surface area contributed by atoms with Crippen LogP contribution >= 0.6 is 0 Å². The molecule has 7 nitrogen and oxygen atoms in total. The van der Waals surface area contributed by atoms with Crippen LogP contribution in [0.15, 0.2) is 24.3 Å². The van der Waals surface area contributed by atoms with E-state index in [0.29, 0.717) is 18.4 Å². The maximum Gasteiger partial charge on any atom is 0.324 e. The molecule has 0 heterocycles. The molecule has 0 aliphatic carbocycles. The molecule has 0 bridgehead atoms. The second-order valence-corrected chi connectivity index (χ2v) is 7.40. The molecule has 0 spiro atoms. The van der Waals surface area contributed by atoms with Gasteiger partial charge in [0, 0.05) is 6.54 Å². The monoisotopic (exact) mass is 374 g/mol. The number of unbranched alkanes of at least 4 members (excludes halogenated alkanes) is 1. The standard InChI is InChI=1S/C16H23FN2O5S/c1-3-4-9-25(22,23)19-12(2)16(21)24-11-15(20)18-10-13-5-7-14(17)8-6-13/h5-8,12,19H,3-4,9-11H2,1-2H3,(H,18,20)/t12-/m0/s1. The highest BCUT2D eigenvalue weighted by Gasteiger charge is 2.21. The van der Waals surface area contributed by atoms with Crippen LogP contribution in [-0.2, 0) is 30.9 Å². The normalized spacial score (nSPS) is 12.4. The Hall–Kier alpha value is -2.00. The van der Waals surface area contributed by atoms with Crippen molar-refractivity contribution >= 4 is 21.9 Å². The van der Waals surface area contributed by atoms with Gasteiger partial charge in [-0.1, -0.05) is 25.5 Å². The number of ether oxygens (including phenoxy) is 1. The van der Waals surface area contributed by atoms with E-state index in [0.717, 1.165) is 0 Å². The summed E-state index contributed by atoms with van der Waals surface area (Å²) in [4.78, 5) is 23.4. The molecule has 0 aliphatic rings. The van der Waals surface area contributed by atoms with Crippen molar-refractivity contribution < 1.29 is 27.1 Å². The Labute approximate surface area is 147 Å². The molecule has 1 atom stereocenters. The molecular formula is C16H23FN2O5S. The van der Waals surface area contributed by atoms with Crippen molar-refractivity contribution in [2.45, 2.75) is 39.3 Å². The van der Waals surface area contributed by atoms with E-state index in [4.69, 9.17) is 4.74 Å². The molecule has 0 unspecified atom stereocenters. The van der Waals surface area contributed by atoms with Gasteiger partial charge in [-0.15, -0.1) is 0 Å². The Morgan fingerprint density at radius 1 is 1.24 bits per heavy atom. The van der Waals surface area contributed by atoms with Gasteiger partial charge in [0.05, 0.1) is 5.75 Å². The zero-order chi connectivity index (χ0) is 18.9. The zero-order valence-corrected chi connectivity index (χ0v) is 15.1. The van der Waals surface area contributed by atoms with Crippen LogP contribution in [0.3, 0.4) is 0 Å². The first-order valence-corrected chi connectivity index (χ1v) is 9.56. The lowest BCUT2D eigenvalue weighted by molar-refractivity contribution is -0.149. The second-order valence-electron chi connectivity index (χ2n) is 5.52. The van der Waals surface area contributed by atoms with Crippen LogP contribution in [0, 0.1) is 5.82 Å². The molecule has 1 aromatic carbocycles. The van der Waals surface area contributed by atoms with Gasteiger partial charge in [0.2, 0.25) is 10.0 Å². The summed E-state index contributed by atoms with van der Waals surface area (Å²) < 4.78 is 43.2. The average molecular weight is 374 g/mol. The van der Waals surface area contributed by atoms with Gasteiger partial charge in [-0.2, -0.15) is 0 Å². The summed E-state index contributed by atoms with van der Waals surface area (Å²) >= 11 is 0. The first kappa shape index (κ1) is 21.0. The fourth-order valence-electron chi connectivity index (χ4n) is 1.83. The summed E-state index contributed by atoms with van der Waals surface area (Å²) in [6.07, 6.45) is 1.21. The SMILES string of the molecule is CCCCS(=O)(=O)N[C@@H](C)C(=O)OCC(=O)NCc1ccc(F)cc1. The second kappa shape index (κ2) is 10.1. The smallest absolute Gasteiger partial charge is 0.324 e. The molecule has 1 rings (SSSR count). The lowest BCUT2D eigenvalue weighted by Crippen LogP contribution is -2.41. The number of hydrogen-bond acceptors (Lipinski definition) is 5. The first-order chi connectivity index (χ1) is 11.7. The molecule has 0 saturated heterocycles. The van der Waals surface area contributed by atoms with Gasteiger partial charge in [-0.25, -0.2) is 17.5 Å². The Bertz CT molecular complexity index is 676. The van der Waals surface area contributed by atoms with Crippen LogP contribution in [-0.4, -0.2) is 38.7 Å². The summed E-state index contributed by atoms with van der Waals surface area (Å²) in [6.45, 7) is 2.84. The molecule has 0 radical (unpaired) electrons. The lowest BCUT2D eigenvalue weighted by Gasteiger charge is -2.13. The molecule has 1 aromatic rings. The van der Waals surface area contributed by atoms with Crippen molar-refractivity contribution in [3.8, 4) is 0 Å². The van der Waals surface area contributed by atoms with Gasteiger partial charge in [0.15, 0.2) is 6.61 Å². The fraction of sp³-hybridized carbons (Fsp3) is 0.500. The number of amides is 1. The lowest BCUT2D eigenvalue weighted by atomic mass is 10.2. The number of carbonyl (C=O) groups is 2. The van der Waals surface area contributed by atoms with E-state index in [-0.39, 0.29) is 18.1 Å². The van der Waals surface area contributed by atoms with E-state index in [1.165, 1.54) is 31.2 Å². The van der Waals surface area contributed by atoms with Crippen molar-refractivity contribution in [3.05, 3.63) is 35.6 Å². The largest absolute Gasteiger partial charge is 0.454 e. The van der Waals surface area contributed by atoms with E-state index >= 15 is 0 Å². The van der Waals surface area contributed by atoms with Gasteiger partial charge in [-0.3, -0.25) is 9.59 Å². The minimum absolute atomic E-state index is 0.0702. The third-order valence-electron chi connectivity index (χ3n) is 3.22. The van der Waals surface area contributed by atoms with Crippen LogP contribution in [0.25, 0.3) is 0 Å². The first-order valence-electron chi connectivity index (χ1n) is 7.91. The topological polar surface area (TPSA) is 102 Å². The maximum absolute atomic E-state index is 12.8. The predicted octanol–water partition coefficient (Wildman–Crippen LogP) is 1.09. The number of hydrogen-bond donors (Lipinski definition) is 2. The molecule has 1 amide bonds. The molecule has 0 aliphatic heterocycles. The number of nitrogens with one attached hydrogen (secondary N) is 2. The number of sulfonamides is 1. The third kappa shape index (κ3) is 8.59. The Morgan fingerprint density at radius 3 is 2.48 bits per heavy atom. The highest BCUT2D eigenvalue weighted by molar-refractivity contribution is 7.89. The van der Waals surface area contributed by atoms with Gasteiger partial charge >= 0.3 is 5.97 Å². The highest BCUT2D eigenvalue weighted by Crippen LogP contribution is 2.02. The Morgan fingerprint density at radius 2 is 1.88 bits per heavy atom. The minimum atomic E-state index is -3.56. The zero-order valence-electron chi connectivity index (χ0n) is 14.2. The van der Waals surface area contributed by atoms with Gasteiger partial charge < -0.3 is 10.1 Å². The molecule has 9 heteroatoms. The molecule has 0 aromatic heterocycles. The molecular weight excluding hydrogens is 351 g/mol. The van der Waals surface area contributed by atoms with E-state index in [1.807, 2.05) is 6.92 Å². The Kier molecular flexibility index (Phi) is 8.50. The summed E-state index contributed by atoms with van der Waals surface area (Å²) in [5.41, 5.74) is 0.693. The summed E-state index contributed by atoms with van der Waals surface area (Å²) in [5.74, 6) is -1.82.